The molecule has 0 N–H and O–H groups in total. The van der Waals surface area contributed by atoms with E-state index in [1.54, 1.807) is 31.6 Å². The molecule has 0 aliphatic carbocycles. The number of rotatable bonds is 14. The van der Waals surface area contributed by atoms with Gasteiger partial charge in [0.25, 0.3) is 0 Å². The van der Waals surface area contributed by atoms with E-state index in [1.165, 1.54) is 35.0 Å². The first kappa shape index (κ1) is 81.1. The molecule has 0 spiro atoms. The number of benzene rings is 2. The second kappa shape index (κ2) is 43.9. The largest absolute Gasteiger partial charge is 0.496 e. The molecule has 0 radical (unpaired) electrons. The summed E-state index contributed by atoms with van der Waals surface area (Å²) in [6, 6.07) is 21.9. The van der Waals surface area contributed by atoms with Gasteiger partial charge in [0.2, 0.25) is 0 Å². The summed E-state index contributed by atoms with van der Waals surface area (Å²) in [6.07, 6.45) is 14.0. The van der Waals surface area contributed by atoms with E-state index in [1.807, 2.05) is 87.9 Å². The average molecular weight is 1050 g/mol. The number of methoxy groups -OCH3 is 1. The van der Waals surface area contributed by atoms with Gasteiger partial charge in [-0.25, -0.2) is 15.0 Å². The Morgan fingerprint density at radius 3 is 1.47 bits per heavy atom. The van der Waals surface area contributed by atoms with Crippen LogP contribution in [0.1, 0.15) is 199 Å². The van der Waals surface area contributed by atoms with Crippen molar-refractivity contribution in [2.24, 2.45) is 49.6 Å². The Morgan fingerprint density at radius 2 is 1.04 bits per heavy atom. The molecule has 11 heteroatoms. The van der Waals surface area contributed by atoms with Crippen LogP contribution in [0.5, 0.6) is 5.75 Å². The Kier molecular flexibility index (Phi) is 47.4. The van der Waals surface area contributed by atoms with Crippen molar-refractivity contribution in [3.05, 3.63) is 156 Å². The maximum Gasteiger partial charge on any atom is 0.416 e. The van der Waals surface area contributed by atoms with E-state index in [4.69, 9.17) is 4.74 Å². The van der Waals surface area contributed by atoms with E-state index in [0.29, 0.717) is 41.6 Å². The van der Waals surface area contributed by atoms with Crippen LogP contribution in [0.15, 0.2) is 116 Å². The Bertz CT molecular complexity index is 2180. The molecule has 0 aliphatic rings. The van der Waals surface area contributed by atoms with Crippen LogP contribution in [0, 0.1) is 35.5 Å². The molecular weight excluding hydrogens is 940 g/mol. The van der Waals surface area contributed by atoms with Gasteiger partial charge in [-0.1, -0.05) is 184 Å². The smallest absolute Gasteiger partial charge is 0.416 e. The van der Waals surface area contributed by atoms with Crippen LogP contribution in [0.3, 0.4) is 0 Å². The number of alkyl halides is 3. The van der Waals surface area contributed by atoms with Crippen LogP contribution < -0.4 is 4.74 Å². The van der Waals surface area contributed by atoms with E-state index in [2.05, 4.69) is 137 Å². The third kappa shape index (κ3) is 35.6. The van der Waals surface area contributed by atoms with Crippen molar-refractivity contribution in [1.29, 1.82) is 0 Å². The molecule has 2 aromatic carbocycles. The van der Waals surface area contributed by atoms with Gasteiger partial charge < -0.3 is 9.30 Å². The Morgan fingerprint density at radius 1 is 0.547 bits per heavy atom. The molecule has 0 amide bonds. The third-order valence-corrected chi connectivity index (χ3v) is 11.3. The van der Waals surface area contributed by atoms with Crippen LogP contribution >= 0.6 is 0 Å². The Labute approximate surface area is 460 Å². The van der Waals surface area contributed by atoms with Crippen molar-refractivity contribution in [1.82, 2.24) is 34.3 Å². The first-order valence-corrected chi connectivity index (χ1v) is 24.8. The van der Waals surface area contributed by atoms with Gasteiger partial charge in [-0.15, -0.1) is 0 Å². The summed E-state index contributed by atoms with van der Waals surface area (Å²) >= 11 is 0. The Hall–Kier alpha value is -5.32. The minimum atomic E-state index is -4.23. The standard InChI is InChI=1S/C11H13F3.C11H16O.C10H15N.C9H16N2.C9H14N2.C8H14N2.6CH4/c1-8(2)7-9-5-3-4-6-10(9)11(12,13)14;1-9(2)8-10-6-4-5-7-11(10)12-3;1-9(2)6-7-10-5-3-4-8-11-10;1-7(2)8(3)9-5-10-11(4)6-9;1-7(2)8(3)9-10-5-4-6-11-9;1-7(2)4-8-5-9-6-10(8)3;;;;;;/h3-6,8H,7H2,1-2H3;4-7,9H,8H2,1-3H3;3-5,8-9H,6-7H2,1-2H3;5-8H,1-4H3;4-8H,1-3H3;5-7H,4H2,1-3H3;6*1H4. The average Bonchev–Trinajstić information content (AvgIpc) is 3.92. The number of imidazole rings is 1. The van der Waals surface area contributed by atoms with Crippen LogP contribution in [0.2, 0.25) is 0 Å². The molecule has 0 fully saturated rings. The molecule has 6 rings (SSSR count). The van der Waals surface area contributed by atoms with Gasteiger partial charge in [0.05, 0.1) is 25.2 Å². The third-order valence-electron chi connectivity index (χ3n) is 11.3. The monoisotopic (exact) mass is 1050 g/mol. The predicted octanol–water partition coefficient (Wildman–Crippen LogP) is 19.3. The van der Waals surface area contributed by atoms with E-state index in [9.17, 15) is 13.2 Å². The number of halogens is 3. The molecule has 2 unspecified atom stereocenters. The highest BCUT2D eigenvalue weighted by atomic mass is 19.4. The molecule has 8 nitrogen and oxygen atoms in total. The minimum Gasteiger partial charge on any atom is -0.496 e. The van der Waals surface area contributed by atoms with Crippen LogP contribution in [0.4, 0.5) is 13.2 Å². The topological polar surface area (TPSA) is 83.5 Å². The van der Waals surface area contributed by atoms with Crippen molar-refractivity contribution in [2.75, 3.05) is 7.11 Å². The zero-order valence-corrected chi connectivity index (χ0v) is 45.3. The molecule has 0 saturated heterocycles. The summed E-state index contributed by atoms with van der Waals surface area (Å²) in [4.78, 5) is 16.7. The molecular formula is C64H112F3N7O. The van der Waals surface area contributed by atoms with Crippen LogP contribution in [-0.4, -0.2) is 41.4 Å². The normalized spacial score (nSPS) is 10.9. The molecule has 6 aromatic rings. The van der Waals surface area contributed by atoms with Crippen LogP contribution in [-0.2, 0) is 46.0 Å². The second-order valence-corrected chi connectivity index (χ2v) is 20.1. The molecule has 4 aromatic heterocycles. The molecule has 0 saturated carbocycles. The summed E-state index contributed by atoms with van der Waals surface area (Å²) in [5.41, 5.74) is 5.04. The van der Waals surface area contributed by atoms with Gasteiger partial charge in [-0.3, -0.25) is 9.67 Å². The van der Waals surface area contributed by atoms with Crippen molar-refractivity contribution in [2.45, 2.75) is 192 Å². The molecule has 0 aliphatic heterocycles. The quantitative estimate of drug-likeness (QED) is 0.108. The van der Waals surface area contributed by atoms with Gasteiger partial charge in [-0.2, -0.15) is 18.3 Å². The number of aryl methyl sites for hydroxylation is 3. The first-order valence-electron chi connectivity index (χ1n) is 24.8. The summed E-state index contributed by atoms with van der Waals surface area (Å²) in [5.74, 6) is 6.73. The summed E-state index contributed by atoms with van der Waals surface area (Å²) in [6.45, 7) is 30.4. The zero-order chi connectivity index (χ0) is 52.1. The maximum atomic E-state index is 12.5. The highest BCUT2D eigenvalue weighted by Gasteiger charge is 2.32. The molecule has 4 heterocycles. The molecule has 430 valence electrons. The van der Waals surface area contributed by atoms with Gasteiger partial charge in [0.15, 0.2) is 0 Å². The van der Waals surface area contributed by atoms with Gasteiger partial charge in [-0.05, 0) is 121 Å². The highest BCUT2D eigenvalue weighted by molar-refractivity contribution is 5.33. The fourth-order valence-electron chi connectivity index (χ4n) is 6.61. The summed E-state index contributed by atoms with van der Waals surface area (Å²) < 4.78 is 46.7. The molecule has 0 bridgehead atoms. The number of para-hydroxylation sites is 1. The maximum absolute atomic E-state index is 12.5. The van der Waals surface area contributed by atoms with E-state index in [0.717, 1.165) is 48.7 Å². The lowest BCUT2D eigenvalue weighted by Gasteiger charge is -2.13. The first-order chi connectivity index (χ1) is 32.5. The number of pyridine rings is 1. The molecule has 2 atom stereocenters. The minimum absolute atomic E-state index is 0. The number of hydrogen-bond acceptors (Lipinski definition) is 6. The zero-order valence-electron chi connectivity index (χ0n) is 45.3. The lowest BCUT2D eigenvalue weighted by Crippen LogP contribution is -2.10. The SMILES string of the molecule is C.C.C.C.C.C.CC(C)C(C)c1cnn(C)c1.CC(C)C(C)c1ncccn1.CC(C)CCc1ccccn1.CC(C)Cc1ccccc1C(F)(F)F.CC(C)Cc1cncn1C.COc1ccccc1CC(C)C. The van der Waals surface area contributed by atoms with Crippen LogP contribution in [0.25, 0.3) is 0 Å². The van der Waals surface area contributed by atoms with Crippen molar-refractivity contribution in [3.63, 3.8) is 0 Å². The lowest BCUT2D eigenvalue weighted by molar-refractivity contribution is -0.138. The fraction of sp³-hybridized carbons (Fsp3) is 0.578. The predicted molar refractivity (Wildman–Crippen MR) is 323 cm³/mol. The van der Waals surface area contributed by atoms with E-state index < -0.39 is 11.7 Å². The van der Waals surface area contributed by atoms with Gasteiger partial charge in [0, 0.05) is 62.4 Å². The summed E-state index contributed by atoms with van der Waals surface area (Å²) in [5, 5.41) is 4.14. The van der Waals surface area contributed by atoms with E-state index >= 15 is 0 Å². The lowest BCUT2D eigenvalue weighted by atomic mass is 9.93. The van der Waals surface area contributed by atoms with Crippen molar-refractivity contribution < 1.29 is 17.9 Å². The number of hydrogen-bond donors (Lipinski definition) is 0. The number of ether oxygens (including phenoxy) is 1. The highest BCUT2D eigenvalue weighted by Crippen LogP contribution is 2.33. The summed E-state index contributed by atoms with van der Waals surface area (Å²) in [7, 11) is 5.71. The van der Waals surface area contributed by atoms with Crippen molar-refractivity contribution >= 4 is 0 Å². The van der Waals surface area contributed by atoms with Gasteiger partial charge >= 0.3 is 6.18 Å². The van der Waals surface area contributed by atoms with E-state index in [-0.39, 0.29) is 50.5 Å². The number of aromatic nitrogens is 7. The van der Waals surface area contributed by atoms with Crippen molar-refractivity contribution in [3.8, 4) is 5.75 Å². The Balaban J connectivity index is -0.000000188. The number of nitrogens with zero attached hydrogens (tertiary/aromatic N) is 7. The fourth-order valence-corrected chi connectivity index (χ4v) is 6.61. The van der Waals surface area contributed by atoms with Gasteiger partial charge in [0.1, 0.15) is 11.6 Å². The second-order valence-electron chi connectivity index (χ2n) is 20.1. The molecule has 75 heavy (non-hydrogen) atoms.